The van der Waals surface area contributed by atoms with Crippen LogP contribution < -0.4 is 0 Å². The van der Waals surface area contributed by atoms with E-state index in [2.05, 4.69) is 37.5 Å². The largest absolute Gasteiger partial charge is 0.461 e. The van der Waals surface area contributed by atoms with Crippen molar-refractivity contribution in [2.24, 2.45) is 5.92 Å². The van der Waals surface area contributed by atoms with Crippen LogP contribution in [0.1, 0.15) is 53.4 Å². The van der Waals surface area contributed by atoms with Crippen LogP contribution in [0.4, 0.5) is 4.79 Å². The Bertz CT molecular complexity index is 535. The number of piperidine rings is 1. The Balaban J connectivity index is 1.23. The molecule has 1 saturated carbocycles. The molecular formula is C20H36BN3O3. The van der Waals surface area contributed by atoms with Crippen LogP contribution in [0.2, 0.25) is 5.82 Å². The number of piperazine rings is 1. The Kier molecular flexibility index (Phi) is 5.23. The second kappa shape index (κ2) is 7.23. The van der Waals surface area contributed by atoms with Crippen molar-refractivity contribution >= 4 is 13.1 Å². The standard InChI is InChI=1S/C20H36BN3O3/c1-19(2)20(3,4)27-21(26-19)17-7-9-23(10-8-17)18(25)24-13-11-22(12-14-24)15-16-5-6-16/h16-17H,5-15H2,1-4H3. The Hall–Kier alpha value is -0.785. The van der Waals surface area contributed by atoms with E-state index in [1.54, 1.807) is 0 Å². The van der Waals surface area contributed by atoms with Gasteiger partial charge in [0.1, 0.15) is 0 Å². The molecule has 7 heteroatoms. The molecule has 4 fully saturated rings. The van der Waals surface area contributed by atoms with E-state index in [9.17, 15) is 4.79 Å². The number of nitrogens with zero attached hydrogens (tertiary/aromatic N) is 3. The smallest absolute Gasteiger partial charge is 0.403 e. The fraction of sp³-hybridized carbons (Fsp3) is 0.950. The van der Waals surface area contributed by atoms with Crippen LogP contribution in [0.15, 0.2) is 0 Å². The Morgan fingerprint density at radius 3 is 1.89 bits per heavy atom. The Labute approximate surface area is 164 Å². The molecule has 0 aromatic heterocycles. The molecule has 4 aliphatic rings. The summed E-state index contributed by atoms with van der Waals surface area (Å²) in [5, 5.41) is 0. The van der Waals surface area contributed by atoms with E-state index < -0.39 is 0 Å². The van der Waals surface area contributed by atoms with Crippen molar-refractivity contribution in [3.63, 3.8) is 0 Å². The highest BCUT2D eigenvalue weighted by molar-refractivity contribution is 6.47. The third kappa shape index (κ3) is 4.15. The number of rotatable bonds is 3. The summed E-state index contributed by atoms with van der Waals surface area (Å²) in [5.41, 5.74) is -0.546. The van der Waals surface area contributed by atoms with E-state index >= 15 is 0 Å². The topological polar surface area (TPSA) is 45.2 Å². The fourth-order valence-electron chi connectivity index (χ4n) is 4.43. The molecule has 6 nitrogen and oxygen atoms in total. The summed E-state index contributed by atoms with van der Waals surface area (Å²) < 4.78 is 12.4. The van der Waals surface area contributed by atoms with Crippen molar-refractivity contribution in [1.29, 1.82) is 0 Å². The predicted octanol–water partition coefficient (Wildman–Crippen LogP) is 2.69. The molecule has 0 atom stereocenters. The van der Waals surface area contributed by atoms with Crippen molar-refractivity contribution in [2.75, 3.05) is 45.8 Å². The van der Waals surface area contributed by atoms with E-state index in [0.29, 0.717) is 5.82 Å². The van der Waals surface area contributed by atoms with Gasteiger partial charge in [0.25, 0.3) is 0 Å². The highest BCUT2D eigenvalue weighted by Crippen LogP contribution is 2.42. The van der Waals surface area contributed by atoms with Gasteiger partial charge in [0.2, 0.25) is 0 Å². The summed E-state index contributed by atoms with van der Waals surface area (Å²) in [5.74, 6) is 1.31. The van der Waals surface area contributed by atoms with Gasteiger partial charge < -0.3 is 19.1 Å². The van der Waals surface area contributed by atoms with Crippen LogP contribution in [-0.2, 0) is 9.31 Å². The average Bonchev–Trinajstić information content (AvgIpc) is 3.41. The first-order valence-corrected chi connectivity index (χ1v) is 10.9. The number of likely N-dealkylation sites (tertiary alicyclic amines) is 1. The normalized spacial score (nSPS) is 29.4. The van der Waals surface area contributed by atoms with Crippen LogP contribution in [0.25, 0.3) is 0 Å². The molecule has 3 saturated heterocycles. The van der Waals surface area contributed by atoms with Crippen molar-refractivity contribution in [1.82, 2.24) is 14.7 Å². The van der Waals surface area contributed by atoms with Gasteiger partial charge in [0.15, 0.2) is 0 Å². The second-order valence-corrected chi connectivity index (χ2v) is 9.96. The minimum Gasteiger partial charge on any atom is -0.403 e. The van der Waals surface area contributed by atoms with Crippen molar-refractivity contribution in [3.05, 3.63) is 0 Å². The summed E-state index contributed by atoms with van der Waals surface area (Å²) in [6, 6.07) is 0.230. The summed E-state index contributed by atoms with van der Waals surface area (Å²) in [6.45, 7) is 15.1. The molecule has 4 rings (SSSR count). The number of carbonyl (C=O) groups is 1. The maximum absolute atomic E-state index is 12.9. The minimum absolute atomic E-state index is 0.141. The molecule has 0 unspecified atom stereocenters. The van der Waals surface area contributed by atoms with Gasteiger partial charge in [-0.25, -0.2) is 4.79 Å². The number of amides is 2. The zero-order valence-electron chi connectivity index (χ0n) is 17.6. The quantitative estimate of drug-likeness (QED) is 0.710. The lowest BCUT2D eigenvalue weighted by Gasteiger charge is -2.40. The lowest BCUT2D eigenvalue weighted by atomic mass is 9.67. The van der Waals surface area contributed by atoms with Gasteiger partial charge in [0.05, 0.1) is 11.2 Å². The van der Waals surface area contributed by atoms with E-state index in [4.69, 9.17) is 9.31 Å². The second-order valence-electron chi connectivity index (χ2n) is 9.96. The Morgan fingerprint density at radius 2 is 1.37 bits per heavy atom. The van der Waals surface area contributed by atoms with Gasteiger partial charge >= 0.3 is 13.1 Å². The van der Waals surface area contributed by atoms with E-state index in [1.165, 1.54) is 19.4 Å². The lowest BCUT2D eigenvalue weighted by Crippen LogP contribution is -2.54. The molecule has 27 heavy (non-hydrogen) atoms. The summed E-state index contributed by atoms with van der Waals surface area (Å²) in [7, 11) is -0.141. The van der Waals surface area contributed by atoms with Crippen LogP contribution in [0.3, 0.4) is 0 Å². The first kappa shape index (κ1) is 19.5. The van der Waals surface area contributed by atoms with Crippen molar-refractivity contribution < 1.29 is 14.1 Å². The molecule has 2 amide bonds. The SMILES string of the molecule is CC1(C)OB(C2CCN(C(=O)N3CCN(CC4CC4)CC3)CC2)OC1(C)C. The Morgan fingerprint density at radius 1 is 0.852 bits per heavy atom. The highest BCUT2D eigenvalue weighted by Gasteiger charge is 2.54. The average molecular weight is 377 g/mol. The monoisotopic (exact) mass is 377 g/mol. The van der Waals surface area contributed by atoms with Crippen molar-refractivity contribution in [2.45, 2.75) is 70.4 Å². The van der Waals surface area contributed by atoms with E-state index in [0.717, 1.165) is 58.0 Å². The third-order valence-corrected chi connectivity index (χ3v) is 7.32. The molecule has 0 aromatic rings. The molecule has 0 bridgehead atoms. The summed E-state index contributed by atoms with van der Waals surface area (Å²) in [6.07, 6.45) is 4.72. The molecule has 1 aliphatic carbocycles. The fourth-order valence-corrected chi connectivity index (χ4v) is 4.43. The van der Waals surface area contributed by atoms with E-state index in [1.807, 2.05) is 4.90 Å². The van der Waals surface area contributed by atoms with Crippen LogP contribution in [0, 0.1) is 5.92 Å². The van der Waals surface area contributed by atoms with Crippen LogP contribution in [0.5, 0.6) is 0 Å². The molecule has 0 spiro atoms. The van der Waals surface area contributed by atoms with Crippen molar-refractivity contribution in [3.8, 4) is 0 Å². The molecule has 152 valence electrons. The van der Waals surface area contributed by atoms with Crippen LogP contribution >= 0.6 is 0 Å². The van der Waals surface area contributed by atoms with Gasteiger partial charge in [-0.3, -0.25) is 4.90 Å². The molecule has 3 aliphatic heterocycles. The molecule has 3 heterocycles. The molecular weight excluding hydrogens is 341 g/mol. The van der Waals surface area contributed by atoms with Gasteiger partial charge in [-0.05, 0) is 65.1 Å². The number of carbonyl (C=O) groups excluding carboxylic acids is 1. The maximum Gasteiger partial charge on any atom is 0.461 e. The summed E-state index contributed by atoms with van der Waals surface area (Å²) in [4.78, 5) is 19.5. The first-order valence-electron chi connectivity index (χ1n) is 10.9. The zero-order chi connectivity index (χ0) is 19.2. The maximum atomic E-state index is 12.9. The molecule has 0 radical (unpaired) electrons. The van der Waals surface area contributed by atoms with E-state index in [-0.39, 0.29) is 24.4 Å². The van der Waals surface area contributed by atoms with Crippen LogP contribution in [-0.4, -0.2) is 84.9 Å². The minimum atomic E-state index is -0.273. The predicted molar refractivity (Wildman–Crippen MR) is 107 cm³/mol. The van der Waals surface area contributed by atoms with Gasteiger partial charge in [-0.2, -0.15) is 0 Å². The summed E-state index contributed by atoms with van der Waals surface area (Å²) >= 11 is 0. The van der Waals surface area contributed by atoms with Gasteiger partial charge in [-0.1, -0.05) is 0 Å². The lowest BCUT2D eigenvalue weighted by molar-refractivity contribution is 0.00578. The number of hydrogen-bond acceptors (Lipinski definition) is 4. The number of urea groups is 1. The highest BCUT2D eigenvalue weighted by atomic mass is 16.7. The first-order chi connectivity index (χ1) is 12.7. The number of hydrogen-bond donors (Lipinski definition) is 0. The molecule has 0 aromatic carbocycles. The third-order valence-electron chi connectivity index (χ3n) is 7.32. The van der Waals surface area contributed by atoms with Gasteiger partial charge in [0, 0.05) is 45.8 Å². The zero-order valence-corrected chi connectivity index (χ0v) is 17.6. The van der Waals surface area contributed by atoms with Gasteiger partial charge in [-0.15, -0.1) is 0 Å². The molecule has 0 N–H and O–H groups in total.